The summed E-state index contributed by atoms with van der Waals surface area (Å²) >= 11 is 0. The molecule has 0 bridgehead atoms. The van der Waals surface area contributed by atoms with Gasteiger partial charge in [-0.25, -0.2) is 4.79 Å². The van der Waals surface area contributed by atoms with Crippen molar-refractivity contribution in [3.05, 3.63) is 101 Å². The van der Waals surface area contributed by atoms with E-state index < -0.39 is 5.97 Å². The molecule has 0 amide bonds. The molecule has 0 saturated heterocycles. The number of hydrogen-bond acceptors (Lipinski definition) is 5. The molecule has 0 heterocycles. The van der Waals surface area contributed by atoms with Gasteiger partial charge in [0.05, 0.1) is 13.7 Å². The van der Waals surface area contributed by atoms with Crippen molar-refractivity contribution >= 4 is 11.5 Å². The second kappa shape index (κ2) is 13.0. The second-order valence-corrected chi connectivity index (χ2v) is 9.73. The Balaban J connectivity index is 1.50. The Labute approximate surface area is 226 Å². The van der Waals surface area contributed by atoms with E-state index in [1.807, 2.05) is 39.2 Å². The molecule has 3 aromatic carbocycles. The first-order valence-electron chi connectivity index (χ1n) is 12.9. The van der Waals surface area contributed by atoms with Crippen LogP contribution in [0.25, 0.3) is 5.57 Å². The normalized spacial score (nSPS) is 13.0. The Morgan fingerprint density at radius 3 is 2.26 bits per heavy atom. The van der Waals surface area contributed by atoms with E-state index in [1.165, 1.54) is 25.5 Å². The molecule has 0 unspecified atom stereocenters. The van der Waals surface area contributed by atoms with Crippen molar-refractivity contribution in [3.63, 3.8) is 0 Å². The molecule has 5 nitrogen and oxygen atoms in total. The van der Waals surface area contributed by atoms with E-state index in [2.05, 4.69) is 76.1 Å². The molecule has 1 saturated carbocycles. The Bertz CT molecular complexity index is 1320. The quantitative estimate of drug-likeness (QED) is 0.254. The molecule has 0 radical (unpaired) electrons. The summed E-state index contributed by atoms with van der Waals surface area (Å²) in [5.74, 6) is 8.09. The van der Waals surface area contributed by atoms with Crippen LogP contribution in [0.4, 0.5) is 0 Å². The maximum Gasteiger partial charge on any atom is 0.343 e. The average Bonchev–Trinajstić information content (AvgIpc) is 3.77. The number of esters is 1. The van der Waals surface area contributed by atoms with E-state index in [-0.39, 0.29) is 6.61 Å². The number of methoxy groups -OCH3 is 1. The van der Waals surface area contributed by atoms with Gasteiger partial charge in [-0.15, -0.1) is 0 Å². The van der Waals surface area contributed by atoms with Crippen LogP contribution in [0.5, 0.6) is 11.5 Å². The Morgan fingerprint density at radius 1 is 0.974 bits per heavy atom. The fourth-order valence-electron chi connectivity index (χ4n) is 4.08. The third kappa shape index (κ3) is 7.74. The maximum atomic E-state index is 11.4. The zero-order valence-corrected chi connectivity index (χ0v) is 22.6. The smallest absolute Gasteiger partial charge is 0.343 e. The summed E-state index contributed by atoms with van der Waals surface area (Å²) in [4.78, 5) is 13.4. The van der Waals surface area contributed by atoms with Gasteiger partial charge in [0, 0.05) is 5.56 Å². The van der Waals surface area contributed by atoms with E-state index in [9.17, 15) is 4.79 Å². The molecular weight excluding hydrogens is 474 g/mol. The van der Waals surface area contributed by atoms with E-state index in [0.29, 0.717) is 12.4 Å². The Hall–Kier alpha value is -4.01. The summed E-state index contributed by atoms with van der Waals surface area (Å²) in [6.45, 7) is 2.94. The summed E-state index contributed by atoms with van der Waals surface area (Å²) in [5.41, 5.74) is 6.70. The zero-order valence-electron chi connectivity index (χ0n) is 22.6. The van der Waals surface area contributed by atoms with Gasteiger partial charge in [0.2, 0.25) is 0 Å². The predicted molar refractivity (Wildman–Crippen MR) is 152 cm³/mol. The highest BCUT2D eigenvalue weighted by molar-refractivity contribution is 5.80. The van der Waals surface area contributed by atoms with Crippen molar-refractivity contribution in [2.24, 2.45) is 0 Å². The first kappa shape index (κ1) is 27.0. The molecule has 1 aliphatic carbocycles. The summed E-state index contributed by atoms with van der Waals surface area (Å²) in [7, 11) is 5.37. The van der Waals surface area contributed by atoms with Crippen molar-refractivity contribution in [1.29, 1.82) is 0 Å². The minimum absolute atomic E-state index is 0.122. The van der Waals surface area contributed by atoms with Crippen molar-refractivity contribution in [3.8, 4) is 23.3 Å². The summed E-state index contributed by atoms with van der Waals surface area (Å²) < 4.78 is 16.2. The molecule has 1 fully saturated rings. The van der Waals surface area contributed by atoms with Gasteiger partial charge in [-0.3, -0.25) is 4.90 Å². The molecular formula is C33H35NO4. The number of rotatable bonds is 10. The van der Waals surface area contributed by atoms with Gasteiger partial charge in [0.25, 0.3) is 0 Å². The summed E-state index contributed by atoms with van der Waals surface area (Å²) in [6, 6.07) is 22.9. The monoisotopic (exact) mass is 509 g/mol. The second-order valence-electron chi connectivity index (χ2n) is 9.73. The Morgan fingerprint density at radius 2 is 1.66 bits per heavy atom. The van der Waals surface area contributed by atoms with Crippen LogP contribution in [0.1, 0.15) is 46.6 Å². The fraction of sp³-hybridized carbons (Fsp3) is 0.303. The molecule has 3 aromatic rings. The number of carbonyl (C=O) groups excluding carboxylic acids is 1. The van der Waals surface area contributed by atoms with Crippen molar-refractivity contribution in [2.75, 3.05) is 41.0 Å². The van der Waals surface area contributed by atoms with Crippen LogP contribution in [0.2, 0.25) is 0 Å². The molecule has 38 heavy (non-hydrogen) atoms. The fourth-order valence-corrected chi connectivity index (χ4v) is 4.08. The number of hydrogen-bond donors (Lipinski definition) is 0. The van der Waals surface area contributed by atoms with Gasteiger partial charge in [-0.1, -0.05) is 48.2 Å². The molecule has 1 aliphatic rings. The highest BCUT2D eigenvalue weighted by atomic mass is 16.6. The van der Waals surface area contributed by atoms with Crippen molar-refractivity contribution in [1.82, 2.24) is 4.90 Å². The minimum Gasteiger partial charge on any atom is -0.489 e. The van der Waals surface area contributed by atoms with Crippen LogP contribution in [0.3, 0.4) is 0 Å². The first-order valence-corrected chi connectivity index (χ1v) is 12.9. The molecule has 0 aromatic heterocycles. The summed E-state index contributed by atoms with van der Waals surface area (Å²) in [6.07, 6.45) is 4.70. The van der Waals surface area contributed by atoms with Gasteiger partial charge >= 0.3 is 5.97 Å². The lowest BCUT2D eigenvalue weighted by Gasteiger charge is -2.12. The average molecular weight is 510 g/mol. The highest BCUT2D eigenvalue weighted by Crippen LogP contribution is 2.40. The molecule has 0 N–H and O–H groups in total. The highest BCUT2D eigenvalue weighted by Gasteiger charge is 2.23. The first-order chi connectivity index (χ1) is 18.4. The van der Waals surface area contributed by atoms with Crippen LogP contribution < -0.4 is 9.47 Å². The molecule has 0 spiro atoms. The van der Waals surface area contributed by atoms with Gasteiger partial charge in [-0.2, -0.15) is 0 Å². The largest absolute Gasteiger partial charge is 0.489 e. The van der Waals surface area contributed by atoms with Crippen LogP contribution >= 0.6 is 0 Å². The zero-order chi connectivity index (χ0) is 26.9. The minimum atomic E-state index is -0.416. The van der Waals surface area contributed by atoms with Crippen LogP contribution in [-0.4, -0.2) is 51.8 Å². The number of nitrogens with zero attached hydrogens (tertiary/aromatic N) is 1. The van der Waals surface area contributed by atoms with E-state index in [1.54, 1.807) is 0 Å². The lowest BCUT2D eigenvalue weighted by Crippen LogP contribution is -2.13. The molecule has 4 rings (SSSR count). The van der Waals surface area contributed by atoms with Crippen LogP contribution in [-0.2, 0) is 9.53 Å². The van der Waals surface area contributed by atoms with Crippen molar-refractivity contribution < 1.29 is 19.0 Å². The molecule has 0 atom stereocenters. The van der Waals surface area contributed by atoms with Gasteiger partial charge < -0.3 is 14.2 Å². The van der Waals surface area contributed by atoms with Crippen LogP contribution in [0.15, 0.2) is 72.8 Å². The topological polar surface area (TPSA) is 48.0 Å². The molecule has 5 heteroatoms. The number of benzene rings is 3. The maximum absolute atomic E-state index is 11.4. The van der Waals surface area contributed by atoms with Gasteiger partial charge in [0.15, 0.2) is 6.61 Å². The summed E-state index contributed by atoms with van der Waals surface area (Å²) in [5, 5.41) is 0. The molecule has 0 aliphatic heterocycles. The third-order valence-corrected chi connectivity index (χ3v) is 6.35. The van der Waals surface area contributed by atoms with Crippen molar-refractivity contribution in [2.45, 2.75) is 25.7 Å². The van der Waals surface area contributed by atoms with Crippen LogP contribution in [0, 0.1) is 18.8 Å². The third-order valence-electron chi connectivity index (χ3n) is 6.35. The number of ether oxygens (including phenoxy) is 3. The SMILES string of the molecule is COC(=O)COc1ccc(OCC=C(c2ccc(C#CCN(C)C)cc2)c2ccc(C3CC3)cc2)cc1C. The Kier molecular flexibility index (Phi) is 9.24. The number of carbonyl (C=O) groups is 1. The van der Waals surface area contributed by atoms with Gasteiger partial charge in [0.1, 0.15) is 18.1 Å². The van der Waals surface area contributed by atoms with E-state index >= 15 is 0 Å². The molecule has 196 valence electrons. The lowest BCUT2D eigenvalue weighted by atomic mass is 9.95. The van der Waals surface area contributed by atoms with Gasteiger partial charge in [-0.05, 0) is 104 Å². The van der Waals surface area contributed by atoms with E-state index in [4.69, 9.17) is 9.47 Å². The number of aryl methyl sites for hydroxylation is 1. The standard InChI is InChI=1S/C33H35NO4/c1-24-22-30(17-18-32(24)38-23-33(35)36-4)37-21-19-31(29-15-13-27(14-16-29)26-11-12-26)28-9-7-25(8-10-28)6-5-20-34(2)3/h7-10,13-19,22,26H,11-12,20-21,23H2,1-4H3. The lowest BCUT2D eigenvalue weighted by molar-refractivity contribution is -0.142. The predicted octanol–water partition coefficient (Wildman–Crippen LogP) is 5.85. The van der Waals surface area contributed by atoms with E-state index in [0.717, 1.165) is 46.0 Å².